The van der Waals surface area contributed by atoms with Crippen LogP contribution in [0.3, 0.4) is 0 Å². The Hall–Kier alpha value is -2.39. The molecule has 2 aliphatic heterocycles. The van der Waals surface area contributed by atoms with Gasteiger partial charge in [-0.2, -0.15) is 0 Å². The Balaban J connectivity index is 1.80. The number of hydrogen-bond donors (Lipinski definition) is 2. The highest BCUT2D eigenvalue weighted by Crippen LogP contribution is 2.26. The van der Waals surface area contributed by atoms with Crippen molar-refractivity contribution in [3.8, 4) is 0 Å². The molecule has 0 saturated carbocycles. The zero-order valence-corrected chi connectivity index (χ0v) is 13.7. The van der Waals surface area contributed by atoms with E-state index in [9.17, 15) is 14.4 Å². The molecule has 3 heterocycles. The summed E-state index contributed by atoms with van der Waals surface area (Å²) in [6, 6.07) is 1.43. The minimum atomic E-state index is -0.844. The summed E-state index contributed by atoms with van der Waals surface area (Å²) in [4.78, 5) is 44.9. The van der Waals surface area contributed by atoms with E-state index in [1.807, 2.05) is 13.8 Å². The number of carbonyl (C=O) groups is 3. The molecule has 3 rings (SSSR count). The Morgan fingerprint density at radius 3 is 2.62 bits per heavy atom. The number of esters is 1. The minimum Gasteiger partial charge on any atom is -0.469 e. The molecule has 1 amide bonds. The summed E-state index contributed by atoms with van der Waals surface area (Å²) in [7, 11) is 1.30. The second-order valence-electron chi connectivity index (χ2n) is 6.02. The van der Waals surface area contributed by atoms with Gasteiger partial charge in [0.05, 0.1) is 19.7 Å². The molecule has 0 aliphatic carbocycles. The third kappa shape index (κ3) is 3.00. The predicted molar refractivity (Wildman–Crippen MR) is 82.6 cm³/mol. The van der Waals surface area contributed by atoms with Crippen LogP contribution in [0.25, 0.3) is 0 Å². The van der Waals surface area contributed by atoms with Crippen molar-refractivity contribution in [3.63, 3.8) is 0 Å². The number of carbonyl (C=O) groups excluding carboxylic acids is 3. The lowest BCUT2D eigenvalue weighted by atomic mass is 9.89. The normalized spacial score (nSPS) is 26.5. The fourth-order valence-electron chi connectivity index (χ4n) is 3.08. The Labute approximate surface area is 138 Å². The number of hydrogen-bond acceptors (Lipinski definition) is 8. The van der Waals surface area contributed by atoms with Crippen molar-refractivity contribution in [2.75, 3.05) is 12.1 Å². The molecule has 2 saturated heterocycles. The third-order valence-electron chi connectivity index (χ3n) is 4.11. The van der Waals surface area contributed by atoms with Gasteiger partial charge in [0.25, 0.3) is 5.91 Å². The number of anilines is 1. The summed E-state index contributed by atoms with van der Waals surface area (Å²) in [6.45, 7) is 3.61. The Morgan fingerprint density at radius 2 is 2.00 bits per heavy atom. The van der Waals surface area contributed by atoms with E-state index in [2.05, 4.69) is 25.4 Å². The summed E-state index contributed by atoms with van der Waals surface area (Å²) in [5, 5.41) is 4.33. The lowest BCUT2D eigenvalue weighted by Gasteiger charge is -2.29. The molecule has 3 atom stereocenters. The second-order valence-corrected chi connectivity index (χ2v) is 6.02. The van der Waals surface area contributed by atoms with Crippen LogP contribution in [0.1, 0.15) is 24.2 Å². The van der Waals surface area contributed by atoms with E-state index in [0.29, 0.717) is 0 Å². The largest absolute Gasteiger partial charge is 0.469 e. The molecule has 0 aromatic carbocycles. The van der Waals surface area contributed by atoms with Crippen LogP contribution in [0.2, 0.25) is 0 Å². The highest BCUT2D eigenvalue weighted by molar-refractivity contribution is 6.10. The van der Waals surface area contributed by atoms with Crippen LogP contribution in [-0.4, -0.2) is 46.9 Å². The lowest BCUT2D eigenvalue weighted by molar-refractivity contribution is -0.141. The van der Waals surface area contributed by atoms with Crippen molar-refractivity contribution >= 4 is 23.6 Å². The SMILES string of the molecule is COC(=O)CC1CC(=O)C2C(=O)N(c3nc(C)cc(C)n3)NC2N1. The van der Waals surface area contributed by atoms with Gasteiger partial charge in [-0.3, -0.25) is 19.7 Å². The number of methoxy groups -OCH3 is 1. The molecule has 3 unspecified atom stereocenters. The number of Topliss-reactive ketones (excluding diaryl/α,β-unsaturated/α-hetero) is 1. The van der Waals surface area contributed by atoms with Gasteiger partial charge in [0, 0.05) is 23.9 Å². The number of nitrogens with zero attached hydrogens (tertiary/aromatic N) is 3. The van der Waals surface area contributed by atoms with E-state index >= 15 is 0 Å². The van der Waals surface area contributed by atoms with Crippen LogP contribution >= 0.6 is 0 Å². The van der Waals surface area contributed by atoms with Crippen molar-refractivity contribution < 1.29 is 19.1 Å². The topological polar surface area (TPSA) is 114 Å². The molecule has 2 N–H and O–H groups in total. The van der Waals surface area contributed by atoms with Gasteiger partial charge in [0.15, 0.2) is 0 Å². The van der Waals surface area contributed by atoms with Crippen molar-refractivity contribution in [3.05, 3.63) is 17.5 Å². The molecule has 1 aromatic heterocycles. The number of ketones is 1. The fourth-order valence-corrected chi connectivity index (χ4v) is 3.08. The minimum absolute atomic E-state index is 0.0708. The van der Waals surface area contributed by atoms with Crippen molar-refractivity contribution in [1.29, 1.82) is 0 Å². The maximum Gasteiger partial charge on any atom is 0.307 e. The Bertz CT molecular complexity index is 687. The highest BCUT2D eigenvalue weighted by Gasteiger charge is 2.50. The van der Waals surface area contributed by atoms with Gasteiger partial charge < -0.3 is 4.74 Å². The van der Waals surface area contributed by atoms with E-state index < -0.39 is 18.1 Å². The number of piperidine rings is 1. The molecule has 9 heteroatoms. The number of aryl methyl sites for hydroxylation is 2. The van der Waals surface area contributed by atoms with Crippen molar-refractivity contribution in [2.24, 2.45) is 5.92 Å². The fraction of sp³-hybridized carbons (Fsp3) is 0.533. The molecule has 24 heavy (non-hydrogen) atoms. The highest BCUT2D eigenvalue weighted by atomic mass is 16.5. The van der Waals surface area contributed by atoms with Gasteiger partial charge in [-0.05, 0) is 19.9 Å². The third-order valence-corrected chi connectivity index (χ3v) is 4.11. The smallest absolute Gasteiger partial charge is 0.307 e. The van der Waals surface area contributed by atoms with E-state index in [4.69, 9.17) is 0 Å². The quantitative estimate of drug-likeness (QED) is 0.556. The van der Waals surface area contributed by atoms with Crippen LogP contribution in [0.4, 0.5) is 5.95 Å². The molecule has 2 fully saturated rings. The number of amides is 1. The summed E-state index contributed by atoms with van der Waals surface area (Å²) in [6.07, 6.45) is -0.412. The molecule has 9 nitrogen and oxygen atoms in total. The molecule has 0 spiro atoms. The van der Waals surface area contributed by atoms with Crippen molar-refractivity contribution in [1.82, 2.24) is 20.7 Å². The summed E-state index contributed by atoms with van der Waals surface area (Å²) < 4.78 is 4.63. The van der Waals surface area contributed by atoms with Crippen LogP contribution in [-0.2, 0) is 19.1 Å². The zero-order valence-electron chi connectivity index (χ0n) is 13.7. The number of nitrogens with one attached hydrogen (secondary N) is 2. The average molecular weight is 333 g/mol. The van der Waals surface area contributed by atoms with Crippen LogP contribution in [0.5, 0.6) is 0 Å². The van der Waals surface area contributed by atoms with Gasteiger partial charge in [0.2, 0.25) is 5.95 Å². The molecule has 1 aromatic rings. The second kappa shape index (κ2) is 6.25. The maximum absolute atomic E-state index is 12.6. The van der Waals surface area contributed by atoms with E-state index in [1.54, 1.807) is 6.07 Å². The maximum atomic E-state index is 12.6. The summed E-state index contributed by atoms with van der Waals surface area (Å²) in [5.41, 5.74) is 4.39. The van der Waals surface area contributed by atoms with Gasteiger partial charge in [0.1, 0.15) is 11.7 Å². The van der Waals surface area contributed by atoms with Crippen LogP contribution in [0, 0.1) is 19.8 Å². The first-order valence-corrected chi connectivity index (χ1v) is 7.67. The molecule has 2 aliphatic rings. The van der Waals surface area contributed by atoms with Crippen molar-refractivity contribution in [2.45, 2.75) is 38.9 Å². The number of aromatic nitrogens is 2. The van der Waals surface area contributed by atoms with Gasteiger partial charge >= 0.3 is 5.97 Å². The molecule has 0 bridgehead atoms. The van der Waals surface area contributed by atoms with Crippen LogP contribution in [0.15, 0.2) is 6.07 Å². The Kier molecular flexibility index (Phi) is 4.29. The predicted octanol–water partition coefficient (Wildman–Crippen LogP) is -0.619. The molecular formula is C15H19N5O4. The Morgan fingerprint density at radius 1 is 1.33 bits per heavy atom. The molecule has 128 valence electrons. The summed E-state index contributed by atoms with van der Waals surface area (Å²) in [5.74, 6) is -1.64. The van der Waals surface area contributed by atoms with Gasteiger partial charge in [-0.1, -0.05) is 0 Å². The summed E-state index contributed by atoms with van der Waals surface area (Å²) >= 11 is 0. The monoisotopic (exact) mass is 333 g/mol. The van der Waals surface area contributed by atoms with Gasteiger partial charge in [-0.15, -0.1) is 0 Å². The van der Waals surface area contributed by atoms with E-state index in [-0.39, 0.29) is 36.5 Å². The molecular weight excluding hydrogens is 314 g/mol. The van der Waals surface area contributed by atoms with Crippen LogP contribution < -0.4 is 15.8 Å². The standard InChI is InChI=1S/C15H19N5O4/c1-7-4-8(2)17-15(16-7)20-14(23)12-10(21)5-9(6-11(22)24-3)18-13(12)19-20/h4,9,12-13,18-19H,5-6H2,1-3H3. The number of hydrazine groups is 1. The number of ether oxygens (including phenoxy) is 1. The van der Waals surface area contributed by atoms with E-state index in [0.717, 1.165) is 11.4 Å². The number of rotatable bonds is 3. The lowest BCUT2D eigenvalue weighted by Crippen LogP contribution is -2.56. The zero-order chi connectivity index (χ0) is 17.4. The first kappa shape index (κ1) is 16.5. The van der Waals surface area contributed by atoms with E-state index in [1.165, 1.54) is 12.1 Å². The first-order chi connectivity index (χ1) is 11.4. The number of fused-ring (bicyclic) bond motifs is 1. The van der Waals surface area contributed by atoms with Gasteiger partial charge in [-0.25, -0.2) is 20.4 Å². The first-order valence-electron chi connectivity index (χ1n) is 7.67. The average Bonchev–Trinajstić information content (AvgIpc) is 2.83. The molecule has 0 radical (unpaired) electrons.